The molecule has 0 aromatic heterocycles. The normalized spacial score (nSPS) is 14.9. The van der Waals surface area contributed by atoms with E-state index in [1.807, 2.05) is 0 Å². The smallest absolute Gasteiger partial charge is 0.462 e. The summed E-state index contributed by atoms with van der Waals surface area (Å²) >= 11 is 0. The molecule has 0 bridgehead atoms. The molecule has 0 saturated carbocycles. The van der Waals surface area contributed by atoms with Crippen LogP contribution in [0.3, 0.4) is 0 Å². The fraction of sp³-hybridized carbons (Fsp3) is 0.944. The highest BCUT2D eigenvalue weighted by Gasteiger charge is 2.30. The van der Waals surface area contributed by atoms with Gasteiger partial charge in [0.05, 0.1) is 26.4 Å². The van der Waals surface area contributed by atoms with Crippen molar-refractivity contribution in [1.29, 1.82) is 0 Å². The lowest BCUT2D eigenvalue weighted by Gasteiger charge is -2.21. The number of hydrogen-bond donors (Lipinski definition) is 3. The third kappa shape index (κ3) is 62.2. The van der Waals surface area contributed by atoms with E-state index in [9.17, 15) is 43.2 Å². The van der Waals surface area contributed by atoms with Crippen LogP contribution >= 0.6 is 15.6 Å². The highest BCUT2D eigenvalue weighted by atomic mass is 31.2. The first kappa shape index (κ1) is 88.1. The Morgan fingerprint density at radius 3 is 0.789 bits per heavy atom. The van der Waals surface area contributed by atoms with Crippen LogP contribution in [-0.4, -0.2) is 96.7 Å². The zero-order valence-corrected chi connectivity index (χ0v) is 60.6. The summed E-state index contributed by atoms with van der Waals surface area (Å²) in [5, 5.41) is 10.6. The molecule has 0 aromatic carbocycles. The molecule has 0 radical (unpaired) electrons. The molecule has 0 aliphatic rings. The van der Waals surface area contributed by atoms with Gasteiger partial charge < -0.3 is 33.8 Å². The number of unbranched alkanes of at least 4 members (excludes halogenated alkanes) is 32. The lowest BCUT2D eigenvalue weighted by Crippen LogP contribution is -2.30. The molecule has 0 saturated heterocycles. The largest absolute Gasteiger partial charge is 0.472 e. The van der Waals surface area contributed by atoms with Gasteiger partial charge in [0.15, 0.2) is 12.2 Å². The minimum atomic E-state index is -4.95. The Morgan fingerprint density at radius 2 is 0.533 bits per heavy atom. The standard InChI is InChI=1S/C71H138O17P2/c1-9-63(7)49-41-33-26-29-36-44-52-69(74)82-58-67(88-71(76)54-46-38-30-27-34-42-50-64(8)10-2)60-86-90(79,80)84-56-65(72)55-83-89(77,78)85-59-66(57-81-68(73)51-43-35-28-25-32-40-48-62(5)6)87-70(75)53-45-37-24-22-20-18-16-14-12-11-13-15-17-19-21-23-31-39-47-61(3)4/h61-67,72H,9-60H2,1-8H3,(H,77,78)(H,79,80)/t63?,64?,65-,66-,67-/m1/s1. The van der Waals surface area contributed by atoms with Gasteiger partial charge in [0, 0.05) is 25.7 Å². The van der Waals surface area contributed by atoms with Crippen LogP contribution in [0.25, 0.3) is 0 Å². The fourth-order valence-electron chi connectivity index (χ4n) is 10.6. The Balaban J connectivity index is 5.15. The summed E-state index contributed by atoms with van der Waals surface area (Å²) in [6.45, 7) is 14.0. The predicted octanol–water partition coefficient (Wildman–Crippen LogP) is 20.1. The van der Waals surface area contributed by atoms with Crippen LogP contribution in [0, 0.1) is 23.7 Å². The summed E-state index contributed by atoms with van der Waals surface area (Å²) in [7, 11) is -9.90. The Kier molecular flexibility index (Phi) is 59.4. The van der Waals surface area contributed by atoms with Crippen LogP contribution in [0.1, 0.15) is 351 Å². The third-order valence-electron chi connectivity index (χ3n) is 17.0. The molecular formula is C71H138O17P2. The van der Waals surface area contributed by atoms with E-state index in [2.05, 4.69) is 55.4 Å². The van der Waals surface area contributed by atoms with E-state index in [0.29, 0.717) is 31.6 Å². The number of aliphatic hydroxyl groups excluding tert-OH is 1. The number of esters is 4. The summed E-state index contributed by atoms with van der Waals surface area (Å²) in [6.07, 6.45) is 43.5. The van der Waals surface area contributed by atoms with Crippen LogP contribution in [0.2, 0.25) is 0 Å². The van der Waals surface area contributed by atoms with Crippen molar-refractivity contribution in [3.63, 3.8) is 0 Å². The summed E-state index contributed by atoms with van der Waals surface area (Å²) in [4.78, 5) is 72.4. The second-order valence-corrected chi connectivity index (χ2v) is 30.0. The van der Waals surface area contributed by atoms with Crippen LogP contribution in [0.5, 0.6) is 0 Å². The first-order valence-electron chi connectivity index (χ1n) is 36.8. The van der Waals surface area contributed by atoms with Crippen molar-refractivity contribution < 1.29 is 80.2 Å². The Labute approximate surface area is 549 Å². The second kappa shape index (κ2) is 60.7. The van der Waals surface area contributed by atoms with Gasteiger partial charge in [-0.15, -0.1) is 0 Å². The number of hydrogen-bond acceptors (Lipinski definition) is 15. The fourth-order valence-corrected chi connectivity index (χ4v) is 12.2. The van der Waals surface area contributed by atoms with E-state index >= 15 is 0 Å². The second-order valence-electron chi connectivity index (χ2n) is 27.1. The van der Waals surface area contributed by atoms with E-state index in [1.165, 1.54) is 141 Å². The van der Waals surface area contributed by atoms with Gasteiger partial charge >= 0.3 is 39.5 Å². The van der Waals surface area contributed by atoms with E-state index in [0.717, 1.165) is 120 Å². The minimum Gasteiger partial charge on any atom is -0.462 e. The molecule has 3 N–H and O–H groups in total. The van der Waals surface area contributed by atoms with Gasteiger partial charge in [-0.2, -0.15) is 0 Å². The molecule has 19 heteroatoms. The van der Waals surface area contributed by atoms with Crippen molar-refractivity contribution >= 4 is 39.5 Å². The summed E-state index contributed by atoms with van der Waals surface area (Å²) in [5.74, 6) is 0.816. The number of phosphoric ester groups is 2. The summed E-state index contributed by atoms with van der Waals surface area (Å²) in [5.41, 5.74) is 0. The highest BCUT2D eigenvalue weighted by Crippen LogP contribution is 2.45. The van der Waals surface area contributed by atoms with Gasteiger partial charge in [0.1, 0.15) is 19.3 Å². The highest BCUT2D eigenvalue weighted by molar-refractivity contribution is 7.47. The minimum absolute atomic E-state index is 0.102. The molecule has 0 fully saturated rings. The average Bonchev–Trinajstić information content (AvgIpc) is 3.11. The molecule has 7 atom stereocenters. The van der Waals surface area contributed by atoms with E-state index < -0.39 is 97.5 Å². The number of aliphatic hydroxyl groups is 1. The van der Waals surface area contributed by atoms with Crippen molar-refractivity contribution in [3.05, 3.63) is 0 Å². The lowest BCUT2D eigenvalue weighted by molar-refractivity contribution is -0.161. The molecule has 0 aliphatic heterocycles. The molecular weight excluding hydrogens is 1190 g/mol. The number of phosphoric acid groups is 2. The first-order chi connectivity index (χ1) is 43.2. The maximum absolute atomic E-state index is 13.0. The molecule has 0 heterocycles. The molecule has 534 valence electrons. The monoisotopic (exact) mass is 1320 g/mol. The third-order valence-corrected chi connectivity index (χ3v) is 18.9. The van der Waals surface area contributed by atoms with E-state index in [-0.39, 0.29) is 25.7 Å². The molecule has 0 spiro atoms. The number of carbonyl (C=O) groups excluding carboxylic acids is 4. The zero-order chi connectivity index (χ0) is 66.8. The van der Waals surface area contributed by atoms with Crippen molar-refractivity contribution in [2.24, 2.45) is 23.7 Å². The molecule has 0 aromatic rings. The molecule has 0 aliphatic carbocycles. The Morgan fingerprint density at radius 1 is 0.311 bits per heavy atom. The van der Waals surface area contributed by atoms with Crippen LogP contribution < -0.4 is 0 Å². The Bertz CT molecular complexity index is 1790. The van der Waals surface area contributed by atoms with Gasteiger partial charge in [0.25, 0.3) is 0 Å². The van der Waals surface area contributed by atoms with Crippen LogP contribution in [0.15, 0.2) is 0 Å². The average molecular weight is 1330 g/mol. The van der Waals surface area contributed by atoms with Crippen molar-refractivity contribution in [2.45, 2.75) is 369 Å². The summed E-state index contributed by atoms with van der Waals surface area (Å²) < 4.78 is 68.2. The lowest BCUT2D eigenvalue weighted by atomic mass is 10.00. The first-order valence-corrected chi connectivity index (χ1v) is 39.8. The number of carbonyl (C=O) groups is 4. The summed E-state index contributed by atoms with van der Waals surface area (Å²) in [6, 6.07) is 0. The SMILES string of the molecule is CCC(C)CCCCCCCCC(=O)OC[C@H](COP(=O)(O)OC[C@H](O)COP(=O)(O)OC[C@@H](COC(=O)CCCCCCCCC(C)C)OC(=O)CCCCCCCCCCCCCCCCCCCCC(C)C)OC(=O)CCCCCCCCC(C)CC. The van der Waals surface area contributed by atoms with Gasteiger partial charge in [-0.1, -0.05) is 299 Å². The van der Waals surface area contributed by atoms with Gasteiger partial charge in [-0.05, 0) is 49.4 Å². The zero-order valence-electron chi connectivity index (χ0n) is 58.8. The van der Waals surface area contributed by atoms with Crippen molar-refractivity contribution in [1.82, 2.24) is 0 Å². The van der Waals surface area contributed by atoms with E-state index in [4.69, 9.17) is 37.0 Å². The van der Waals surface area contributed by atoms with Crippen molar-refractivity contribution in [2.75, 3.05) is 39.6 Å². The molecule has 4 unspecified atom stereocenters. The molecule has 17 nitrogen and oxygen atoms in total. The molecule has 90 heavy (non-hydrogen) atoms. The molecule has 0 amide bonds. The number of ether oxygens (including phenoxy) is 4. The molecule has 0 rings (SSSR count). The number of rotatable bonds is 68. The van der Waals surface area contributed by atoms with E-state index in [1.54, 1.807) is 0 Å². The van der Waals surface area contributed by atoms with Gasteiger partial charge in [-0.3, -0.25) is 37.3 Å². The predicted molar refractivity (Wildman–Crippen MR) is 363 cm³/mol. The van der Waals surface area contributed by atoms with Crippen LogP contribution in [0.4, 0.5) is 0 Å². The van der Waals surface area contributed by atoms with Gasteiger partial charge in [0.2, 0.25) is 0 Å². The maximum atomic E-state index is 13.0. The van der Waals surface area contributed by atoms with Gasteiger partial charge in [-0.25, -0.2) is 9.13 Å². The Hall–Kier alpha value is -1.94. The maximum Gasteiger partial charge on any atom is 0.472 e. The quantitative estimate of drug-likeness (QED) is 0.0222. The van der Waals surface area contributed by atoms with Crippen molar-refractivity contribution in [3.8, 4) is 0 Å². The van der Waals surface area contributed by atoms with Crippen LogP contribution in [-0.2, 0) is 65.4 Å². The topological polar surface area (TPSA) is 237 Å².